The van der Waals surface area contributed by atoms with Gasteiger partial charge in [0.25, 0.3) is 5.91 Å². The van der Waals surface area contributed by atoms with E-state index < -0.39 is 12.1 Å². The maximum Gasteiger partial charge on any atom is 0.251 e. The quantitative estimate of drug-likeness (QED) is 0.210. The van der Waals surface area contributed by atoms with Crippen molar-refractivity contribution in [3.8, 4) is 5.75 Å². The van der Waals surface area contributed by atoms with Gasteiger partial charge in [0.05, 0.1) is 30.5 Å². The lowest BCUT2D eigenvalue weighted by atomic mass is 9.98. The van der Waals surface area contributed by atoms with Crippen LogP contribution in [0.5, 0.6) is 5.75 Å². The third kappa shape index (κ3) is 6.72. The number of ether oxygens (including phenoxy) is 1. The molecule has 0 radical (unpaired) electrons. The van der Waals surface area contributed by atoms with Gasteiger partial charge in [-0.15, -0.1) is 0 Å². The van der Waals surface area contributed by atoms with Crippen LogP contribution in [0.4, 0.5) is 5.69 Å². The van der Waals surface area contributed by atoms with E-state index in [1.807, 2.05) is 66.7 Å². The van der Waals surface area contributed by atoms with Crippen LogP contribution in [0.1, 0.15) is 46.8 Å². The number of nitrogens with zero attached hydrogens (tertiary/aromatic N) is 2. The fourth-order valence-electron chi connectivity index (χ4n) is 5.49. The SMILES string of the molecule is COc1cccc(CNC[C@@H](O)[C@H](Cc2ccccc2)NC(=O)c2cc3c4c(c2)c(C(C)C)cn4CCSN3C)c1. The largest absolute Gasteiger partial charge is 0.497 e. The summed E-state index contributed by atoms with van der Waals surface area (Å²) in [7, 11) is 3.71. The second kappa shape index (κ2) is 13.0. The van der Waals surface area contributed by atoms with Crippen LogP contribution >= 0.6 is 11.9 Å². The van der Waals surface area contributed by atoms with E-state index in [0.29, 0.717) is 31.0 Å². The minimum Gasteiger partial charge on any atom is -0.497 e. The zero-order valence-corrected chi connectivity index (χ0v) is 25.1. The second-order valence-electron chi connectivity index (χ2n) is 11.0. The molecule has 0 unspecified atom stereocenters. The number of aliphatic hydroxyl groups excluding tert-OH is 1. The summed E-state index contributed by atoms with van der Waals surface area (Å²) in [5.41, 5.74) is 6.20. The van der Waals surface area contributed by atoms with Crippen LogP contribution in [0.15, 0.2) is 72.9 Å². The summed E-state index contributed by atoms with van der Waals surface area (Å²) in [4.78, 5) is 13.8. The first-order chi connectivity index (χ1) is 19.8. The Morgan fingerprint density at radius 2 is 1.85 bits per heavy atom. The van der Waals surface area contributed by atoms with Gasteiger partial charge in [0.1, 0.15) is 5.75 Å². The highest BCUT2D eigenvalue weighted by atomic mass is 32.2. The molecule has 0 aliphatic carbocycles. The Morgan fingerprint density at radius 1 is 1.07 bits per heavy atom. The first kappa shape index (κ1) is 29.0. The number of amides is 1. The zero-order chi connectivity index (χ0) is 28.9. The highest BCUT2D eigenvalue weighted by Crippen LogP contribution is 2.39. The van der Waals surface area contributed by atoms with Crippen LogP contribution in [0, 0.1) is 0 Å². The van der Waals surface area contributed by atoms with Crippen molar-refractivity contribution in [1.82, 2.24) is 15.2 Å². The predicted molar refractivity (Wildman–Crippen MR) is 169 cm³/mol. The predicted octanol–water partition coefficient (Wildman–Crippen LogP) is 5.36. The third-order valence-corrected chi connectivity index (χ3v) is 8.67. The van der Waals surface area contributed by atoms with Gasteiger partial charge >= 0.3 is 0 Å². The fourth-order valence-corrected chi connectivity index (χ4v) is 6.32. The summed E-state index contributed by atoms with van der Waals surface area (Å²) in [5.74, 6) is 1.93. The van der Waals surface area contributed by atoms with E-state index in [2.05, 4.69) is 46.6 Å². The number of hydrogen-bond donors (Lipinski definition) is 3. The normalized spacial score (nSPS) is 14.6. The standard InChI is InChI=1S/C33H40N4O3S/c1-22(2)28-21-37-13-14-41-36(3)30-18-25(17-27(28)32(30)37)33(39)35-29(16-23-9-6-5-7-10-23)31(38)20-34-19-24-11-8-12-26(15-24)40-4/h5-12,15,17-18,21-22,29,31,34,38H,13-14,16,19-20H2,1-4H3,(H,35,39)/t29-,31+/m0/s1. The van der Waals surface area contributed by atoms with Gasteiger partial charge in [-0.05, 0) is 65.2 Å². The molecule has 7 nitrogen and oxygen atoms in total. The maximum atomic E-state index is 13.8. The van der Waals surface area contributed by atoms with Gasteiger partial charge < -0.3 is 29.3 Å². The molecule has 5 rings (SSSR count). The topological polar surface area (TPSA) is 78.8 Å². The van der Waals surface area contributed by atoms with Crippen molar-refractivity contribution in [2.24, 2.45) is 0 Å². The van der Waals surface area contributed by atoms with Crippen LogP contribution in [0.25, 0.3) is 10.9 Å². The number of benzene rings is 3. The van der Waals surface area contributed by atoms with E-state index in [4.69, 9.17) is 4.74 Å². The third-order valence-electron chi connectivity index (χ3n) is 7.72. The summed E-state index contributed by atoms with van der Waals surface area (Å²) in [5, 5.41) is 19.0. The molecule has 1 aliphatic rings. The van der Waals surface area contributed by atoms with Gasteiger partial charge in [-0.3, -0.25) is 4.79 Å². The van der Waals surface area contributed by atoms with Crippen molar-refractivity contribution in [3.63, 3.8) is 0 Å². The summed E-state index contributed by atoms with van der Waals surface area (Å²) >= 11 is 1.76. The van der Waals surface area contributed by atoms with Crippen LogP contribution < -0.4 is 19.7 Å². The smallest absolute Gasteiger partial charge is 0.251 e. The number of carbonyl (C=O) groups excluding carboxylic acids is 1. The number of rotatable bonds is 11. The van der Waals surface area contributed by atoms with Crippen LogP contribution in [-0.4, -0.2) is 54.2 Å². The number of hydrogen-bond acceptors (Lipinski definition) is 6. The molecule has 0 saturated carbocycles. The van der Waals surface area contributed by atoms with E-state index in [-0.39, 0.29) is 5.91 Å². The Labute approximate surface area is 247 Å². The minimum atomic E-state index is -0.791. The first-order valence-electron chi connectivity index (χ1n) is 14.2. The van der Waals surface area contributed by atoms with Crippen LogP contribution in [0.3, 0.4) is 0 Å². The molecule has 0 spiro atoms. The molecule has 0 fully saturated rings. The summed E-state index contributed by atoms with van der Waals surface area (Å²) in [6, 6.07) is 21.4. The summed E-state index contributed by atoms with van der Waals surface area (Å²) in [6.45, 7) is 6.24. The number of carbonyl (C=O) groups is 1. The van der Waals surface area contributed by atoms with Crippen molar-refractivity contribution in [1.29, 1.82) is 0 Å². The van der Waals surface area contributed by atoms with Crippen molar-refractivity contribution in [2.75, 3.05) is 30.8 Å². The highest BCUT2D eigenvalue weighted by molar-refractivity contribution is 8.00. The Hall–Kier alpha value is -3.46. The molecular formula is C33H40N4O3S. The number of anilines is 1. The molecule has 4 aromatic rings. The molecule has 2 heterocycles. The fraction of sp³-hybridized carbons (Fsp3) is 0.364. The average Bonchev–Trinajstić information content (AvgIpc) is 3.27. The molecule has 1 amide bonds. The number of methoxy groups -OCH3 is 1. The number of aromatic nitrogens is 1. The zero-order valence-electron chi connectivity index (χ0n) is 24.3. The molecule has 0 bridgehead atoms. The molecule has 8 heteroatoms. The molecular weight excluding hydrogens is 532 g/mol. The van der Waals surface area contributed by atoms with Gasteiger partial charge in [-0.1, -0.05) is 56.3 Å². The van der Waals surface area contributed by atoms with Gasteiger partial charge in [0.15, 0.2) is 0 Å². The van der Waals surface area contributed by atoms with Crippen molar-refractivity contribution < 1.29 is 14.6 Å². The Kier molecular flexibility index (Phi) is 9.22. The van der Waals surface area contributed by atoms with Gasteiger partial charge in [0, 0.05) is 49.6 Å². The molecule has 1 aliphatic heterocycles. The molecule has 41 heavy (non-hydrogen) atoms. The maximum absolute atomic E-state index is 13.8. The van der Waals surface area contributed by atoms with Crippen LogP contribution in [-0.2, 0) is 19.5 Å². The van der Waals surface area contributed by atoms with E-state index >= 15 is 0 Å². The van der Waals surface area contributed by atoms with E-state index in [0.717, 1.165) is 40.2 Å². The first-order valence-corrected chi connectivity index (χ1v) is 15.2. The molecule has 216 valence electrons. The Morgan fingerprint density at radius 3 is 2.61 bits per heavy atom. The van der Waals surface area contributed by atoms with Crippen LogP contribution in [0.2, 0.25) is 0 Å². The Bertz CT molecular complexity index is 1490. The van der Waals surface area contributed by atoms with Crippen molar-refractivity contribution in [3.05, 3.63) is 95.2 Å². The number of aryl methyl sites for hydroxylation is 1. The molecule has 1 aromatic heterocycles. The van der Waals surface area contributed by atoms with E-state index in [1.54, 1.807) is 19.1 Å². The molecule has 3 N–H and O–H groups in total. The number of aliphatic hydroxyl groups is 1. The average molecular weight is 573 g/mol. The molecule has 3 aromatic carbocycles. The van der Waals surface area contributed by atoms with Gasteiger partial charge in [0.2, 0.25) is 0 Å². The van der Waals surface area contributed by atoms with Crippen molar-refractivity contribution in [2.45, 2.75) is 51.4 Å². The lowest BCUT2D eigenvalue weighted by molar-refractivity contribution is 0.0830. The van der Waals surface area contributed by atoms with Gasteiger partial charge in [-0.2, -0.15) is 0 Å². The van der Waals surface area contributed by atoms with Crippen molar-refractivity contribution >= 4 is 34.4 Å². The van der Waals surface area contributed by atoms with E-state index in [9.17, 15) is 9.90 Å². The summed E-state index contributed by atoms with van der Waals surface area (Å²) < 4.78 is 9.82. The second-order valence-corrected chi connectivity index (χ2v) is 12.2. The van der Waals surface area contributed by atoms with E-state index in [1.165, 1.54) is 11.1 Å². The highest BCUT2D eigenvalue weighted by Gasteiger charge is 2.26. The monoisotopic (exact) mass is 572 g/mol. The molecule has 2 atom stereocenters. The summed E-state index contributed by atoms with van der Waals surface area (Å²) in [6.07, 6.45) is 1.98. The van der Waals surface area contributed by atoms with Gasteiger partial charge in [-0.25, -0.2) is 0 Å². The number of nitrogens with one attached hydrogen (secondary N) is 2. The molecule has 0 saturated heterocycles. The lowest BCUT2D eigenvalue weighted by Crippen LogP contribution is -2.48. The minimum absolute atomic E-state index is 0.180. The Balaban J connectivity index is 1.38. The lowest BCUT2D eigenvalue weighted by Gasteiger charge is -2.25.